The summed E-state index contributed by atoms with van der Waals surface area (Å²) in [5.41, 5.74) is 0. The molecule has 2 N–H and O–H groups in total. The van der Waals surface area contributed by atoms with Crippen molar-refractivity contribution in [2.75, 3.05) is 19.6 Å². The molecule has 2 rings (SSSR count). The Morgan fingerprint density at radius 3 is 2.76 bits per heavy atom. The lowest BCUT2D eigenvalue weighted by molar-refractivity contribution is -0.127. The molecule has 4 nitrogen and oxygen atoms in total. The largest absolute Gasteiger partial charge is 0.352 e. The van der Waals surface area contributed by atoms with Crippen molar-refractivity contribution in [2.24, 2.45) is 0 Å². The number of amides is 1. The molecule has 17 heavy (non-hydrogen) atoms. The van der Waals surface area contributed by atoms with Gasteiger partial charge in [-0.15, -0.1) is 0 Å². The summed E-state index contributed by atoms with van der Waals surface area (Å²) in [4.78, 5) is 14.5. The van der Waals surface area contributed by atoms with Gasteiger partial charge in [-0.3, -0.25) is 9.69 Å². The first kappa shape index (κ1) is 12.8. The van der Waals surface area contributed by atoms with E-state index in [4.69, 9.17) is 0 Å². The number of carbonyl (C=O) groups excluding carboxylic acids is 1. The van der Waals surface area contributed by atoms with Crippen LogP contribution in [0.3, 0.4) is 0 Å². The number of piperazine rings is 1. The molecule has 1 unspecified atom stereocenters. The summed E-state index contributed by atoms with van der Waals surface area (Å²) in [6.45, 7) is 7.17. The zero-order valence-electron chi connectivity index (χ0n) is 11.0. The number of rotatable bonds is 3. The maximum atomic E-state index is 12.2. The Labute approximate surface area is 104 Å². The minimum atomic E-state index is 0.00713. The highest BCUT2D eigenvalue weighted by Crippen LogP contribution is 2.18. The van der Waals surface area contributed by atoms with Gasteiger partial charge in [0.15, 0.2) is 0 Å². The molecule has 0 radical (unpaired) electrons. The molecular formula is C13H25N3O. The molecule has 2 atom stereocenters. The third-order valence-electron chi connectivity index (χ3n) is 4.13. The van der Waals surface area contributed by atoms with Crippen LogP contribution in [0.4, 0.5) is 0 Å². The highest BCUT2D eigenvalue weighted by atomic mass is 16.2. The molecule has 0 spiro atoms. The molecule has 0 aromatic heterocycles. The third-order valence-corrected chi connectivity index (χ3v) is 4.13. The quantitative estimate of drug-likeness (QED) is 0.763. The third kappa shape index (κ3) is 3.19. The van der Waals surface area contributed by atoms with Crippen LogP contribution in [0.5, 0.6) is 0 Å². The van der Waals surface area contributed by atoms with Crippen LogP contribution in [0.15, 0.2) is 0 Å². The average molecular weight is 239 g/mol. The van der Waals surface area contributed by atoms with E-state index >= 15 is 0 Å². The molecule has 2 fully saturated rings. The number of hydrogen-bond acceptors (Lipinski definition) is 3. The highest BCUT2D eigenvalue weighted by Gasteiger charge is 2.29. The second kappa shape index (κ2) is 5.83. The molecule has 2 aliphatic rings. The Balaban J connectivity index is 1.84. The van der Waals surface area contributed by atoms with Crippen molar-refractivity contribution >= 4 is 5.91 Å². The average Bonchev–Trinajstić information content (AvgIpc) is 2.81. The van der Waals surface area contributed by atoms with Crippen LogP contribution < -0.4 is 10.6 Å². The number of nitrogens with zero attached hydrogens (tertiary/aromatic N) is 1. The standard InChI is InChI=1S/C13H25N3O/c1-10-9-14-7-8-16(10)11(2)13(17)15-12-5-3-4-6-12/h10-12,14H,3-9H2,1-2H3,(H,15,17)/t10-,11?/m1/s1. The Bertz CT molecular complexity index is 263. The van der Waals surface area contributed by atoms with Crippen LogP contribution in [-0.4, -0.2) is 48.6 Å². The van der Waals surface area contributed by atoms with Crippen LogP contribution >= 0.6 is 0 Å². The second-order valence-corrected chi connectivity index (χ2v) is 5.46. The fourth-order valence-electron chi connectivity index (χ4n) is 2.97. The molecule has 1 aliphatic carbocycles. The topological polar surface area (TPSA) is 44.4 Å². The SMILES string of the molecule is CC(C(=O)NC1CCCC1)N1CCNC[C@H]1C. The molecule has 1 heterocycles. The number of hydrogen-bond donors (Lipinski definition) is 2. The van der Waals surface area contributed by atoms with Gasteiger partial charge in [0.2, 0.25) is 5.91 Å². The van der Waals surface area contributed by atoms with E-state index in [9.17, 15) is 4.79 Å². The van der Waals surface area contributed by atoms with Crippen molar-refractivity contribution in [1.29, 1.82) is 0 Å². The van der Waals surface area contributed by atoms with Crippen LogP contribution in [0, 0.1) is 0 Å². The first-order valence-electron chi connectivity index (χ1n) is 6.95. The zero-order chi connectivity index (χ0) is 12.3. The molecule has 0 bridgehead atoms. The van der Waals surface area contributed by atoms with Gasteiger partial charge in [0.05, 0.1) is 6.04 Å². The van der Waals surface area contributed by atoms with Crippen LogP contribution in [0.2, 0.25) is 0 Å². The van der Waals surface area contributed by atoms with Gasteiger partial charge in [-0.25, -0.2) is 0 Å². The minimum absolute atomic E-state index is 0.00713. The number of nitrogens with one attached hydrogen (secondary N) is 2. The van der Waals surface area contributed by atoms with E-state index in [0.29, 0.717) is 12.1 Å². The summed E-state index contributed by atoms with van der Waals surface area (Å²) in [6.07, 6.45) is 4.86. The van der Waals surface area contributed by atoms with Crippen LogP contribution in [-0.2, 0) is 4.79 Å². The summed E-state index contributed by atoms with van der Waals surface area (Å²) in [5.74, 6) is 0.214. The first-order chi connectivity index (χ1) is 8.18. The highest BCUT2D eigenvalue weighted by molar-refractivity contribution is 5.81. The van der Waals surface area contributed by atoms with E-state index in [1.807, 2.05) is 6.92 Å². The van der Waals surface area contributed by atoms with E-state index in [1.54, 1.807) is 0 Å². The molecular weight excluding hydrogens is 214 g/mol. The van der Waals surface area contributed by atoms with E-state index in [-0.39, 0.29) is 11.9 Å². The fourth-order valence-corrected chi connectivity index (χ4v) is 2.97. The molecule has 98 valence electrons. The van der Waals surface area contributed by atoms with Gasteiger partial charge >= 0.3 is 0 Å². The molecule has 0 aromatic carbocycles. The summed E-state index contributed by atoms with van der Waals surface area (Å²) in [7, 11) is 0. The molecule has 1 amide bonds. The summed E-state index contributed by atoms with van der Waals surface area (Å²) < 4.78 is 0. The van der Waals surface area contributed by atoms with Gasteiger partial charge in [0, 0.05) is 31.7 Å². The lowest BCUT2D eigenvalue weighted by Crippen LogP contribution is -2.57. The zero-order valence-corrected chi connectivity index (χ0v) is 11.0. The van der Waals surface area contributed by atoms with E-state index in [2.05, 4.69) is 22.5 Å². The maximum absolute atomic E-state index is 12.2. The summed E-state index contributed by atoms with van der Waals surface area (Å²) in [5, 5.41) is 6.55. The number of carbonyl (C=O) groups is 1. The lowest BCUT2D eigenvalue weighted by Gasteiger charge is -2.37. The predicted molar refractivity (Wildman–Crippen MR) is 68.9 cm³/mol. The van der Waals surface area contributed by atoms with Crippen molar-refractivity contribution in [3.63, 3.8) is 0 Å². The summed E-state index contributed by atoms with van der Waals surface area (Å²) in [6, 6.07) is 0.893. The molecule has 0 aromatic rings. The van der Waals surface area contributed by atoms with E-state index in [1.165, 1.54) is 12.8 Å². The molecule has 4 heteroatoms. The lowest BCUT2D eigenvalue weighted by atomic mass is 10.1. The van der Waals surface area contributed by atoms with Crippen LogP contribution in [0.1, 0.15) is 39.5 Å². The van der Waals surface area contributed by atoms with E-state index in [0.717, 1.165) is 32.5 Å². The molecule has 1 saturated carbocycles. The molecule has 1 saturated heterocycles. The minimum Gasteiger partial charge on any atom is -0.352 e. The van der Waals surface area contributed by atoms with Gasteiger partial charge in [0.1, 0.15) is 0 Å². The van der Waals surface area contributed by atoms with Crippen molar-refractivity contribution < 1.29 is 4.79 Å². The fraction of sp³-hybridized carbons (Fsp3) is 0.923. The van der Waals surface area contributed by atoms with Crippen molar-refractivity contribution in [3.05, 3.63) is 0 Å². The molecule has 1 aliphatic heterocycles. The van der Waals surface area contributed by atoms with Gasteiger partial charge in [0.25, 0.3) is 0 Å². The van der Waals surface area contributed by atoms with Gasteiger partial charge in [-0.05, 0) is 26.7 Å². The second-order valence-electron chi connectivity index (χ2n) is 5.46. The van der Waals surface area contributed by atoms with Gasteiger partial charge in [-0.1, -0.05) is 12.8 Å². The van der Waals surface area contributed by atoms with Crippen molar-refractivity contribution in [3.8, 4) is 0 Å². The normalized spacial score (nSPS) is 29.2. The summed E-state index contributed by atoms with van der Waals surface area (Å²) >= 11 is 0. The maximum Gasteiger partial charge on any atom is 0.237 e. The van der Waals surface area contributed by atoms with Gasteiger partial charge in [-0.2, -0.15) is 0 Å². The predicted octanol–water partition coefficient (Wildman–Crippen LogP) is 0.727. The Morgan fingerprint density at radius 1 is 1.41 bits per heavy atom. The monoisotopic (exact) mass is 239 g/mol. The van der Waals surface area contributed by atoms with E-state index < -0.39 is 0 Å². The van der Waals surface area contributed by atoms with Crippen LogP contribution in [0.25, 0.3) is 0 Å². The van der Waals surface area contributed by atoms with Crippen molar-refractivity contribution in [1.82, 2.24) is 15.5 Å². The van der Waals surface area contributed by atoms with Crippen molar-refractivity contribution in [2.45, 2.75) is 57.7 Å². The Morgan fingerprint density at radius 2 is 2.12 bits per heavy atom. The smallest absolute Gasteiger partial charge is 0.237 e. The Hall–Kier alpha value is -0.610. The van der Waals surface area contributed by atoms with Gasteiger partial charge < -0.3 is 10.6 Å². The first-order valence-corrected chi connectivity index (χ1v) is 6.95. The Kier molecular flexibility index (Phi) is 4.40.